The number of pyridine rings is 2. The third-order valence-electron chi connectivity index (χ3n) is 5.04. The molecule has 29 heavy (non-hydrogen) atoms. The van der Waals surface area contributed by atoms with Gasteiger partial charge in [0.15, 0.2) is 0 Å². The molecule has 1 aliphatic heterocycles. The van der Waals surface area contributed by atoms with Gasteiger partial charge in [0.2, 0.25) is 0 Å². The fraction of sp³-hybridized carbons (Fsp3) is 0.318. The Morgan fingerprint density at radius 2 is 1.86 bits per heavy atom. The molecule has 7 heteroatoms. The SMILES string of the molecule is C[C@@H]1CN(C(=O)c2cc3cccnc3n(Cc3ccc(Cl)cc3)c2=O)C[C@@H](C)O1. The lowest BCUT2D eigenvalue weighted by molar-refractivity contribution is -0.0586. The number of morpholine rings is 1. The van der Waals surface area contributed by atoms with E-state index in [1.807, 2.05) is 32.0 Å². The number of rotatable bonds is 3. The lowest BCUT2D eigenvalue weighted by Gasteiger charge is -2.35. The predicted octanol–water partition coefficient (Wildman–Crippen LogP) is 3.35. The van der Waals surface area contributed by atoms with Crippen LogP contribution in [-0.4, -0.2) is 45.7 Å². The number of fused-ring (bicyclic) bond motifs is 1. The second-order valence-corrected chi connectivity index (χ2v) is 7.90. The number of halogens is 1. The van der Waals surface area contributed by atoms with E-state index in [0.717, 1.165) is 10.9 Å². The molecule has 0 bridgehead atoms. The lowest BCUT2D eigenvalue weighted by Crippen LogP contribution is -2.49. The number of carbonyl (C=O) groups excluding carboxylic acids is 1. The van der Waals surface area contributed by atoms with E-state index in [1.54, 1.807) is 39.9 Å². The van der Waals surface area contributed by atoms with Crippen LogP contribution in [0.2, 0.25) is 5.02 Å². The maximum Gasteiger partial charge on any atom is 0.265 e. The highest BCUT2D eigenvalue weighted by molar-refractivity contribution is 6.30. The standard InChI is InChI=1S/C22H22ClN3O3/c1-14-11-25(12-15(2)29-14)21(27)19-10-17-4-3-9-24-20(17)26(22(19)28)13-16-5-7-18(23)8-6-16/h3-10,14-15H,11-13H2,1-2H3/t14-,15-/m1/s1. The van der Waals surface area contributed by atoms with Gasteiger partial charge in [0.05, 0.1) is 18.8 Å². The fourth-order valence-electron chi connectivity index (χ4n) is 3.79. The molecule has 150 valence electrons. The number of carbonyl (C=O) groups is 1. The second kappa shape index (κ2) is 7.97. The van der Waals surface area contributed by atoms with E-state index in [2.05, 4.69) is 4.98 Å². The van der Waals surface area contributed by atoms with E-state index >= 15 is 0 Å². The summed E-state index contributed by atoms with van der Waals surface area (Å²) >= 11 is 5.98. The second-order valence-electron chi connectivity index (χ2n) is 7.46. The van der Waals surface area contributed by atoms with E-state index in [-0.39, 0.29) is 29.2 Å². The van der Waals surface area contributed by atoms with Crippen LogP contribution in [0.25, 0.3) is 11.0 Å². The van der Waals surface area contributed by atoms with Crippen molar-refractivity contribution in [2.75, 3.05) is 13.1 Å². The molecule has 1 amide bonds. The molecule has 0 radical (unpaired) electrons. The average molecular weight is 412 g/mol. The summed E-state index contributed by atoms with van der Waals surface area (Å²) in [5.41, 5.74) is 1.26. The Balaban J connectivity index is 1.79. The zero-order chi connectivity index (χ0) is 20.5. The van der Waals surface area contributed by atoms with Crippen LogP contribution in [0.3, 0.4) is 0 Å². The highest BCUT2D eigenvalue weighted by Crippen LogP contribution is 2.18. The molecule has 1 aromatic carbocycles. The van der Waals surface area contributed by atoms with Crippen molar-refractivity contribution in [1.82, 2.24) is 14.5 Å². The maximum absolute atomic E-state index is 13.3. The fourth-order valence-corrected chi connectivity index (χ4v) is 3.92. The minimum Gasteiger partial charge on any atom is -0.372 e. The van der Waals surface area contributed by atoms with Gasteiger partial charge in [0.1, 0.15) is 11.2 Å². The third-order valence-corrected chi connectivity index (χ3v) is 5.29. The van der Waals surface area contributed by atoms with Gasteiger partial charge in [0, 0.05) is 29.7 Å². The first-order valence-electron chi connectivity index (χ1n) is 9.60. The van der Waals surface area contributed by atoms with Gasteiger partial charge in [-0.15, -0.1) is 0 Å². The number of aromatic nitrogens is 2. The number of hydrogen-bond donors (Lipinski definition) is 0. The largest absolute Gasteiger partial charge is 0.372 e. The normalized spacial score (nSPS) is 19.5. The van der Waals surface area contributed by atoms with Crippen molar-refractivity contribution in [3.63, 3.8) is 0 Å². The van der Waals surface area contributed by atoms with Gasteiger partial charge >= 0.3 is 0 Å². The zero-order valence-electron chi connectivity index (χ0n) is 16.3. The Morgan fingerprint density at radius 1 is 1.17 bits per heavy atom. The smallest absolute Gasteiger partial charge is 0.265 e. The van der Waals surface area contributed by atoms with Gasteiger partial charge in [-0.25, -0.2) is 4.98 Å². The molecule has 0 unspecified atom stereocenters. The summed E-state index contributed by atoms with van der Waals surface area (Å²) in [5.74, 6) is -0.271. The van der Waals surface area contributed by atoms with Crippen LogP contribution in [0.5, 0.6) is 0 Å². The van der Waals surface area contributed by atoms with E-state index in [4.69, 9.17) is 16.3 Å². The molecule has 1 fully saturated rings. The molecule has 6 nitrogen and oxygen atoms in total. The molecule has 0 aliphatic carbocycles. The minimum absolute atomic E-state index is 0.0684. The van der Waals surface area contributed by atoms with Gasteiger partial charge in [-0.1, -0.05) is 23.7 Å². The van der Waals surface area contributed by atoms with Crippen molar-refractivity contribution in [2.24, 2.45) is 0 Å². The van der Waals surface area contributed by atoms with Gasteiger partial charge in [-0.3, -0.25) is 14.2 Å². The molecule has 0 spiro atoms. The maximum atomic E-state index is 13.3. The molecule has 3 aromatic rings. The van der Waals surface area contributed by atoms with Crippen molar-refractivity contribution in [1.29, 1.82) is 0 Å². The zero-order valence-corrected chi connectivity index (χ0v) is 17.1. The van der Waals surface area contributed by atoms with Gasteiger partial charge in [-0.2, -0.15) is 0 Å². The van der Waals surface area contributed by atoms with Crippen LogP contribution < -0.4 is 5.56 Å². The Hall–Kier alpha value is -2.70. The van der Waals surface area contributed by atoms with Gasteiger partial charge in [0.25, 0.3) is 11.5 Å². The molecule has 0 saturated carbocycles. The minimum atomic E-state index is -0.344. The Kier molecular flexibility index (Phi) is 5.39. The van der Waals surface area contributed by atoms with Crippen LogP contribution in [0, 0.1) is 0 Å². The number of hydrogen-bond acceptors (Lipinski definition) is 4. The third kappa shape index (κ3) is 4.04. The summed E-state index contributed by atoms with van der Waals surface area (Å²) < 4.78 is 7.27. The molecule has 0 N–H and O–H groups in total. The molecule has 1 aliphatic rings. The summed E-state index contributed by atoms with van der Waals surface area (Å²) in [6.45, 7) is 5.09. The van der Waals surface area contributed by atoms with Crippen molar-refractivity contribution in [3.05, 3.63) is 75.2 Å². The van der Waals surface area contributed by atoms with Crippen molar-refractivity contribution >= 4 is 28.5 Å². The molecule has 3 heterocycles. The number of amides is 1. The summed E-state index contributed by atoms with van der Waals surface area (Å²) in [7, 11) is 0. The average Bonchev–Trinajstić information content (AvgIpc) is 2.70. The van der Waals surface area contributed by atoms with E-state index in [9.17, 15) is 9.59 Å². The summed E-state index contributed by atoms with van der Waals surface area (Å²) in [5, 5.41) is 1.38. The Bertz CT molecular complexity index is 1100. The van der Waals surface area contributed by atoms with Crippen LogP contribution >= 0.6 is 11.6 Å². The first-order chi connectivity index (χ1) is 13.9. The number of benzene rings is 1. The molecular weight excluding hydrogens is 390 g/mol. The van der Waals surface area contributed by atoms with Crippen LogP contribution in [0.1, 0.15) is 29.8 Å². The number of ether oxygens (including phenoxy) is 1. The number of nitrogens with zero attached hydrogens (tertiary/aromatic N) is 3. The van der Waals surface area contributed by atoms with E-state index in [0.29, 0.717) is 30.3 Å². The first-order valence-corrected chi connectivity index (χ1v) is 9.98. The van der Waals surface area contributed by atoms with Crippen LogP contribution in [0.15, 0.2) is 53.5 Å². The molecule has 2 atom stereocenters. The van der Waals surface area contributed by atoms with Gasteiger partial charge < -0.3 is 9.64 Å². The summed E-state index contributed by atoms with van der Waals surface area (Å²) in [4.78, 5) is 32.6. The highest BCUT2D eigenvalue weighted by atomic mass is 35.5. The van der Waals surface area contributed by atoms with Gasteiger partial charge in [-0.05, 0) is 49.7 Å². The summed E-state index contributed by atoms with van der Waals surface area (Å²) in [6, 6.07) is 12.6. The Morgan fingerprint density at radius 3 is 2.55 bits per heavy atom. The van der Waals surface area contributed by atoms with E-state index in [1.165, 1.54) is 0 Å². The van der Waals surface area contributed by atoms with Crippen LogP contribution in [0.4, 0.5) is 0 Å². The van der Waals surface area contributed by atoms with Crippen molar-refractivity contribution in [3.8, 4) is 0 Å². The summed E-state index contributed by atoms with van der Waals surface area (Å²) in [6.07, 6.45) is 1.51. The van der Waals surface area contributed by atoms with Crippen molar-refractivity contribution < 1.29 is 9.53 Å². The van der Waals surface area contributed by atoms with E-state index < -0.39 is 0 Å². The quantitative estimate of drug-likeness (QED) is 0.663. The molecule has 4 rings (SSSR count). The predicted molar refractivity (Wildman–Crippen MR) is 112 cm³/mol. The topological polar surface area (TPSA) is 64.4 Å². The monoisotopic (exact) mass is 411 g/mol. The molecule has 1 saturated heterocycles. The Labute approximate surface area is 173 Å². The lowest BCUT2D eigenvalue weighted by atomic mass is 10.1. The highest BCUT2D eigenvalue weighted by Gasteiger charge is 2.29. The van der Waals surface area contributed by atoms with Crippen LogP contribution in [-0.2, 0) is 11.3 Å². The first kappa shape index (κ1) is 19.6. The van der Waals surface area contributed by atoms with Crippen molar-refractivity contribution in [2.45, 2.75) is 32.6 Å². The molecular formula is C22H22ClN3O3. The molecule has 2 aromatic heterocycles.